The van der Waals surface area contributed by atoms with Gasteiger partial charge in [0.05, 0.1) is 18.3 Å². The number of nitrogens with two attached hydrogens (primary N) is 1. The minimum atomic E-state index is 0.409. The van der Waals surface area contributed by atoms with Gasteiger partial charge in [-0.2, -0.15) is 0 Å². The Hall–Kier alpha value is -1.88. The van der Waals surface area contributed by atoms with Crippen LogP contribution in [-0.4, -0.2) is 36.2 Å². The molecule has 1 aliphatic heterocycles. The van der Waals surface area contributed by atoms with Crippen molar-refractivity contribution in [3.8, 4) is 5.88 Å². The molecule has 0 radical (unpaired) electrons. The van der Waals surface area contributed by atoms with Gasteiger partial charge in [-0.25, -0.2) is 4.98 Å². The number of hydrogen-bond acceptors (Lipinski definition) is 5. The summed E-state index contributed by atoms with van der Waals surface area (Å²) in [6.45, 7) is 2.06. The highest BCUT2D eigenvalue weighted by molar-refractivity contribution is 5.88. The van der Waals surface area contributed by atoms with Crippen LogP contribution in [0.1, 0.15) is 0 Å². The predicted molar refractivity (Wildman–Crippen MR) is 73.3 cm³/mol. The number of aromatic nitrogens is 2. The lowest BCUT2D eigenvalue weighted by Crippen LogP contribution is -2.28. The molecule has 0 amide bonds. The van der Waals surface area contributed by atoms with E-state index in [0.717, 1.165) is 29.8 Å². The molecule has 4 rings (SSSR count). The van der Waals surface area contributed by atoms with E-state index < -0.39 is 0 Å². The van der Waals surface area contributed by atoms with Crippen molar-refractivity contribution in [1.82, 2.24) is 9.97 Å². The zero-order chi connectivity index (χ0) is 13.0. The van der Waals surface area contributed by atoms with Gasteiger partial charge in [0.25, 0.3) is 0 Å². The summed E-state index contributed by atoms with van der Waals surface area (Å²) >= 11 is 0. The summed E-state index contributed by atoms with van der Waals surface area (Å²) in [7, 11) is 1.63. The first kappa shape index (κ1) is 11.0. The van der Waals surface area contributed by atoms with Crippen LogP contribution in [0.5, 0.6) is 5.88 Å². The molecule has 5 nitrogen and oxygen atoms in total. The Morgan fingerprint density at radius 2 is 2.05 bits per heavy atom. The number of fused-ring (bicyclic) bond motifs is 2. The van der Waals surface area contributed by atoms with E-state index in [2.05, 4.69) is 14.9 Å². The molecule has 2 aromatic rings. The van der Waals surface area contributed by atoms with E-state index in [1.807, 2.05) is 24.4 Å². The number of piperidine rings is 1. The summed E-state index contributed by atoms with van der Waals surface area (Å²) in [6.07, 6.45) is 1.84. The predicted octanol–water partition coefficient (Wildman–Crippen LogP) is 1.03. The van der Waals surface area contributed by atoms with Crippen molar-refractivity contribution in [2.75, 3.05) is 25.1 Å². The summed E-state index contributed by atoms with van der Waals surface area (Å²) in [5.74, 6) is 1.95. The summed E-state index contributed by atoms with van der Waals surface area (Å²) < 4.78 is 5.21. The number of pyridine rings is 2. The summed E-state index contributed by atoms with van der Waals surface area (Å²) in [5.41, 5.74) is 8.96. The van der Waals surface area contributed by atoms with E-state index in [-0.39, 0.29) is 0 Å². The van der Waals surface area contributed by atoms with Crippen molar-refractivity contribution in [2.45, 2.75) is 6.04 Å². The maximum absolute atomic E-state index is 6.00. The summed E-state index contributed by atoms with van der Waals surface area (Å²) in [6, 6.07) is 6.24. The highest BCUT2D eigenvalue weighted by Gasteiger charge is 2.53. The lowest BCUT2D eigenvalue weighted by Gasteiger charge is -2.22. The number of methoxy groups -OCH3 is 1. The van der Waals surface area contributed by atoms with Crippen molar-refractivity contribution in [3.63, 3.8) is 0 Å². The fourth-order valence-electron chi connectivity index (χ4n) is 3.13. The Kier molecular flexibility index (Phi) is 2.20. The van der Waals surface area contributed by atoms with Crippen molar-refractivity contribution < 1.29 is 4.74 Å². The van der Waals surface area contributed by atoms with Gasteiger partial charge in [0, 0.05) is 31.4 Å². The normalized spacial score (nSPS) is 28.5. The second-order valence-electron chi connectivity index (χ2n) is 5.36. The first-order valence-electron chi connectivity index (χ1n) is 6.58. The molecule has 0 spiro atoms. The van der Waals surface area contributed by atoms with Crippen LogP contribution >= 0.6 is 0 Å². The Morgan fingerprint density at radius 3 is 2.79 bits per heavy atom. The lowest BCUT2D eigenvalue weighted by molar-refractivity contribution is 0.399. The van der Waals surface area contributed by atoms with Gasteiger partial charge >= 0.3 is 0 Å². The van der Waals surface area contributed by atoms with Crippen LogP contribution in [0.3, 0.4) is 0 Å². The third-order valence-corrected chi connectivity index (χ3v) is 4.35. The van der Waals surface area contributed by atoms with E-state index in [9.17, 15) is 0 Å². The van der Waals surface area contributed by atoms with Crippen molar-refractivity contribution in [2.24, 2.45) is 17.6 Å². The van der Waals surface area contributed by atoms with E-state index in [0.29, 0.717) is 23.8 Å². The minimum Gasteiger partial charge on any atom is -0.481 e. The SMILES string of the molecule is COc1ccc2nccc(N3CC4C(N)C4C3)c2n1. The Bertz CT molecular complexity index is 632. The first-order valence-corrected chi connectivity index (χ1v) is 6.58. The molecular weight excluding hydrogens is 240 g/mol. The highest BCUT2D eigenvalue weighted by Crippen LogP contribution is 2.46. The maximum Gasteiger partial charge on any atom is 0.213 e. The van der Waals surface area contributed by atoms with Gasteiger partial charge < -0.3 is 15.4 Å². The molecule has 2 N–H and O–H groups in total. The summed E-state index contributed by atoms with van der Waals surface area (Å²) in [5, 5.41) is 0. The molecule has 2 aromatic heterocycles. The van der Waals surface area contributed by atoms with Gasteiger partial charge in [0.1, 0.15) is 5.52 Å². The first-order chi connectivity index (χ1) is 9.28. The van der Waals surface area contributed by atoms with E-state index in [4.69, 9.17) is 10.5 Å². The van der Waals surface area contributed by atoms with Crippen LogP contribution in [0.4, 0.5) is 5.69 Å². The largest absolute Gasteiger partial charge is 0.481 e. The number of anilines is 1. The lowest BCUT2D eigenvalue weighted by atomic mass is 10.2. The zero-order valence-corrected chi connectivity index (χ0v) is 10.8. The molecule has 3 heterocycles. The average molecular weight is 256 g/mol. The molecule has 2 atom stereocenters. The smallest absolute Gasteiger partial charge is 0.213 e. The van der Waals surface area contributed by atoms with Gasteiger partial charge in [-0.05, 0) is 24.0 Å². The van der Waals surface area contributed by atoms with Crippen molar-refractivity contribution in [3.05, 3.63) is 24.4 Å². The van der Waals surface area contributed by atoms with Crippen LogP contribution in [0.2, 0.25) is 0 Å². The topological polar surface area (TPSA) is 64.3 Å². The van der Waals surface area contributed by atoms with Crippen molar-refractivity contribution >= 4 is 16.7 Å². The molecular formula is C14H16N4O. The van der Waals surface area contributed by atoms with Crippen LogP contribution in [-0.2, 0) is 0 Å². The molecule has 2 unspecified atom stereocenters. The monoisotopic (exact) mass is 256 g/mol. The highest BCUT2D eigenvalue weighted by atomic mass is 16.5. The molecule has 0 aromatic carbocycles. The third-order valence-electron chi connectivity index (χ3n) is 4.35. The number of hydrogen-bond donors (Lipinski definition) is 1. The van der Waals surface area contributed by atoms with E-state index in [1.165, 1.54) is 0 Å². The second kappa shape index (κ2) is 3.81. The fraction of sp³-hybridized carbons (Fsp3) is 0.429. The minimum absolute atomic E-state index is 0.409. The molecule has 2 fully saturated rings. The molecule has 2 aliphatic rings. The van der Waals surface area contributed by atoms with Crippen LogP contribution in [0.15, 0.2) is 24.4 Å². The molecule has 0 bridgehead atoms. The number of ether oxygens (including phenoxy) is 1. The van der Waals surface area contributed by atoms with E-state index >= 15 is 0 Å². The zero-order valence-electron chi connectivity index (χ0n) is 10.8. The molecule has 98 valence electrons. The van der Waals surface area contributed by atoms with E-state index in [1.54, 1.807) is 7.11 Å². The Labute approximate surface area is 111 Å². The van der Waals surface area contributed by atoms with Crippen LogP contribution < -0.4 is 15.4 Å². The fourth-order valence-corrected chi connectivity index (χ4v) is 3.13. The van der Waals surface area contributed by atoms with Gasteiger partial charge in [-0.15, -0.1) is 0 Å². The average Bonchev–Trinajstić information content (AvgIpc) is 2.90. The number of rotatable bonds is 2. The molecule has 1 aliphatic carbocycles. The van der Waals surface area contributed by atoms with Gasteiger partial charge in [0.2, 0.25) is 5.88 Å². The maximum atomic E-state index is 6.00. The van der Waals surface area contributed by atoms with Gasteiger partial charge in [0.15, 0.2) is 0 Å². The quantitative estimate of drug-likeness (QED) is 0.869. The van der Waals surface area contributed by atoms with Crippen molar-refractivity contribution in [1.29, 1.82) is 0 Å². The van der Waals surface area contributed by atoms with Crippen LogP contribution in [0, 0.1) is 11.8 Å². The second-order valence-corrected chi connectivity index (χ2v) is 5.36. The van der Waals surface area contributed by atoms with Crippen LogP contribution in [0.25, 0.3) is 11.0 Å². The molecule has 1 saturated carbocycles. The Morgan fingerprint density at radius 1 is 1.26 bits per heavy atom. The summed E-state index contributed by atoms with van der Waals surface area (Å²) in [4.78, 5) is 11.3. The molecule has 1 saturated heterocycles. The standard InChI is InChI=1S/C14H16N4O/c1-19-12-3-2-10-14(17-12)11(4-5-16-10)18-6-8-9(7-18)13(8)15/h2-5,8-9,13H,6-7,15H2,1H3. The Balaban J connectivity index is 1.77. The van der Waals surface area contributed by atoms with Gasteiger partial charge in [-0.1, -0.05) is 0 Å². The van der Waals surface area contributed by atoms with Gasteiger partial charge in [-0.3, -0.25) is 4.98 Å². The number of nitrogens with zero attached hydrogens (tertiary/aromatic N) is 3. The molecule has 5 heteroatoms. The molecule has 19 heavy (non-hydrogen) atoms. The third kappa shape index (κ3) is 1.58.